The minimum Gasteiger partial charge on any atom is -0.444 e. The zero-order valence-electron chi connectivity index (χ0n) is 11.0. The number of hydrogen-bond acceptors (Lipinski definition) is 3. The molecule has 1 N–H and O–H groups in total. The Labute approximate surface area is 105 Å². The number of nitrogens with zero attached hydrogens (tertiary/aromatic N) is 1. The summed E-state index contributed by atoms with van der Waals surface area (Å²) >= 11 is 0. The first-order valence-corrected chi connectivity index (χ1v) is 7.35. The topological polar surface area (TPSA) is 58.6 Å². The fraction of sp³-hybridized carbons (Fsp3) is 0.909. The summed E-state index contributed by atoms with van der Waals surface area (Å²) in [5.74, 6) is 0.367. The minimum atomic E-state index is -0.902. The smallest absolute Gasteiger partial charge is 0.407 e. The molecule has 1 aliphatic rings. The molecule has 6 heteroatoms. The molecule has 0 radical (unpaired) electrons. The number of nitrogens with one attached hydrogen (secondary N) is 1. The van der Waals surface area contributed by atoms with Crippen LogP contribution in [0.3, 0.4) is 0 Å². The Morgan fingerprint density at radius 1 is 1.53 bits per heavy atom. The Morgan fingerprint density at radius 2 is 2.18 bits per heavy atom. The number of carbonyl (C=O) groups is 1. The van der Waals surface area contributed by atoms with E-state index in [1.807, 2.05) is 25.1 Å². The molecule has 0 aliphatic carbocycles. The van der Waals surface area contributed by atoms with Gasteiger partial charge in [0.2, 0.25) is 0 Å². The van der Waals surface area contributed by atoms with Gasteiger partial charge in [0.15, 0.2) is 0 Å². The Kier molecular flexibility index (Phi) is 4.94. The van der Waals surface area contributed by atoms with Crippen LogP contribution in [-0.4, -0.2) is 46.1 Å². The van der Waals surface area contributed by atoms with Crippen LogP contribution >= 0.6 is 0 Å². The van der Waals surface area contributed by atoms with E-state index >= 15 is 0 Å². The zero-order valence-corrected chi connectivity index (χ0v) is 11.8. The van der Waals surface area contributed by atoms with Gasteiger partial charge >= 0.3 is 6.09 Å². The summed E-state index contributed by atoms with van der Waals surface area (Å²) in [6, 6.07) is 0. The van der Waals surface area contributed by atoms with Crippen molar-refractivity contribution in [3.8, 4) is 0 Å². The summed E-state index contributed by atoms with van der Waals surface area (Å²) in [6.45, 7) is 7.71. The number of ether oxygens (including phenoxy) is 1. The normalized spacial score (nSPS) is 23.4. The van der Waals surface area contributed by atoms with Crippen LogP contribution in [0.5, 0.6) is 0 Å². The number of hydrogen-bond donors (Lipinski definition) is 1. The molecule has 0 aromatic heterocycles. The third kappa shape index (κ3) is 5.50. The van der Waals surface area contributed by atoms with Gasteiger partial charge in [-0.05, 0) is 33.1 Å². The van der Waals surface area contributed by atoms with E-state index in [9.17, 15) is 9.00 Å². The quantitative estimate of drug-likeness (QED) is 0.829. The first kappa shape index (κ1) is 14.4. The van der Waals surface area contributed by atoms with Gasteiger partial charge in [-0.15, -0.1) is 0 Å². The molecular formula is C11H22N2O3S. The Hall–Kier alpha value is -0.620. The van der Waals surface area contributed by atoms with Crippen molar-refractivity contribution in [3.63, 3.8) is 0 Å². The van der Waals surface area contributed by atoms with E-state index in [0.717, 1.165) is 19.5 Å². The van der Waals surface area contributed by atoms with Crippen molar-refractivity contribution in [1.82, 2.24) is 9.62 Å². The van der Waals surface area contributed by atoms with Gasteiger partial charge in [-0.1, -0.05) is 0 Å². The van der Waals surface area contributed by atoms with E-state index in [0.29, 0.717) is 12.5 Å². The highest BCUT2D eigenvalue weighted by molar-refractivity contribution is 7.81. The summed E-state index contributed by atoms with van der Waals surface area (Å²) in [4.78, 5) is 11.4. The molecule has 100 valence electrons. The molecule has 17 heavy (non-hydrogen) atoms. The maximum absolute atomic E-state index is 11.4. The van der Waals surface area contributed by atoms with Gasteiger partial charge < -0.3 is 10.1 Å². The van der Waals surface area contributed by atoms with E-state index in [-0.39, 0.29) is 6.09 Å². The molecule has 0 aromatic carbocycles. The third-order valence-corrected chi connectivity index (χ3v) is 3.61. The molecular weight excluding hydrogens is 240 g/mol. The first-order chi connectivity index (χ1) is 7.78. The van der Waals surface area contributed by atoms with Crippen LogP contribution in [0.1, 0.15) is 27.2 Å². The van der Waals surface area contributed by atoms with Gasteiger partial charge in [0.1, 0.15) is 5.60 Å². The molecule has 0 saturated carbocycles. The standard InChI is InChI=1S/C11H22N2O3S/c1-11(2,3)16-10(14)12-7-9-5-6-13(8-9)17(4)15/h9H,5-8H2,1-4H3,(H,12,14). The second-order valence-electron chi connectivity index (χ2n) is 5.35. The summed E-state index contributed by atoms with van der Waals surface area (Å²) in [6.07, 6.45) is 2.27. The summed E-state index contributed by atoms with van der Waals surface area (Å²) < 4.78 is 18.3. The SMILES string of the molecule is CS(=O)N1CCC(CNC(=O)OC(C)(C)C)C1. The van der Waals surface area contributed by atoms with Crippen LogP contribution in [0.15, 0.2) is 0 Å². The van der Waals surface area contributed by atoms with E-state index in [1.165, 1.54) is 0 Å². The summed E-state index contributed by atoms with van der Waals surface area (Å²) in [5.41, 5.74) is -0.462. The average Bonchev–Trinajstić information content (AvgIpc) is 2.60. The van der Waals surface area contributed by atoms with Gasteiger partial charge in [-0.3, -0.25) is 0 Å². The van der Waals surface area contributed by atoms with Crippen LogP contribution in [0.25, 0.3) is 0 Å². The molecule has 0 spiro atoms. The van der Waals surface area contributed by atoms with Crippen molar-refractivity contribution < 1.29 is 13.7 Å². The lowest BCUT2D eigenvalue weighted by Crippen LogP contribution is -2.36. The Bertz CT molecular complexity index is 302. The van der Waals surface area contributed by atoms with Gasteiger partial charge in [-0.2, -0.15) is 0 Å². The maximum atomic E-state index is 11.4. The lowest BCUT2D eigenvalue weighted by Gasteiger charge is -2.20. The molecule has 1 amide bonds. The second kappa shape index (κ2) is 5.82. The van der Waals surface area contributed by atoms with Gasteiger partial charge in [-0.25, -0.2) is 13.3 Å². The predicted molar refractivity (Wildman–Crippen MR) is 68.0 cm³/mol. The molecule has 0 bridgehead atoms. The van der Waals surface area contributed by atoms with Crippen molar-refractivity contribution in [3.05, 3.63) is 0 Å². The average molecular weight is 262 g/mol. The van der Waals surface area contributed by atoms with Crippen LogP contribution in [0.4, 0.5) is 4.79 Å². The van der Waals surface area contributed by atoms with Crippen molar-refractivity contribution in [2.24, 2.45) is 5.92 Å². The highest BCUT2D eigenvalue weighted by atomic mass is 32.2. The second-order valence-corrected chi connectivity index (χ2v) is 6.71. The molecule has 2 unspecified atom stereocenters. The van der Waals surface area contributed by atoms with Crippen molar-refractivity contribution in [2.45, 2.75) is 32.8 Å². The molecule has 2 atom stereocenters. The highest BCUT2D eigenvalue weighted by Crippen LogP contribution is 2.16. The molecule has 1 aliphatic heterocycles. The first-order valence-electron chi connectivity index (χ1n) is 5.83. The van der Waals surface area contributed by atoms with Crippen LogP contribution < -0.4 is 5.32 Å². The largest absolute Gasteiger partial charge is 0.444 e. The van der Waals surface area contributed by atoms with Crippen molar-refractivity contribution >= 4 is 17.1 Å². The molecule has 1 rings (SSSR count). The van der Waals surface area contributed by atoms with Gasteiger partial charge in [0.05, 0.1) is 11.0 Å². The molecule has 1 heterocycles. The number of alkyl carbamates (subject to hydrolysis) is 1. The fourth-order valence-corrected chi connectivity index (χ4v) is 2.52. The Balaban J connectivity index is 2.24. The van der Waals surface area contributed by atoms with E-state index in [4.69, 9.17) is 4.74 Å². The van der Waals surface area contributed by atoms with Crippen LogP contribution in [-0.2, 0) is 15.7 Å². The maximum Gasteiger partial charge on any atom is 0.407 e. The zero-order chi connectivity index (χ0) is 13.1. The number of amides is 1. The monoisotopic (exact) mass is 262 g/mol. The molecule has 5 nitrogen and oxygen atoms in total. The van der Waals surface area contributed by atoms with Crippen molar-refractivity contribution in [2.75, 3.05) is 25.9 Å². The highest BCUT2D eigenvalue weighted by Gasteiger charge is 2.25. The van der Waals surface area contributed by atoms with E-state index in [1.54, 1.807) is 6.26 Å². The number of carbonyl (C=O) groups excluding carboxylic acids is 1. The summed E-state index contributed by atoms with van der Waals surface area (Å²) in [7, 11) is -0.902. The molecule has 1 fully saturated rings. The van der Waals surface area contributed by atoms with Crippen LogP contribution in [0, 0.1) is 5.92 Å². The van der Waals surface area contributed by atoms with Crippen molar-refractivity contribution in [1.29, 1.82) is 0 Å². The van der Waals surface area contributed by atoms with Crippen LogP contribution in [0.2, 0.25) is 0 Å². The minimum absolute atomic E-state index is 0.367. The fourth-order valence-electron chi connectivity index (χ4n) is 1.74. The van der Waals surface area contributed by atoms with E-state index in [2.05, 4.69) is 5.32 Å². The lowest BCUT2D eigenvalue weighted by molar-refractivity contribution is 0.0520. The lowest BCUT2D eigenvalue weighted by atomic mass is 10.1. The predicted octanol–water partition coefficient (Wildman–Crippen LogP) is 1.13. The third-order valence-electron chi connectivity index (χ3n) is 2.55. The molecule has 1 saturated heterocycles. The summed E-state index contributed by atoms with van der Waals surface area (Å²) in [5, 5.41) is 2.75. The van der Waals surface area contributed by atoms with Gasteiger partial charge in [0, 0.05) is 25.9 Å². The van der Waals surface area contributed by atoms with Gasteiger partial charge in [0.25, 0.3) is 0 Å². The molecule has 0 aromatic rings. The van der Waals surface area contributed by atoms with E-state index < -0.39 is 16.6 Å². The number of rotatable bonds is 3. The Morgan fingerprint density at radius 3 is 2.65 bits per heavy atom.